The van der Waals surface area contributed by atoms with E-state index < -0.39 is 0 Å². The molecule has 1 saturated heterocycles. The molecule has 1 N–H and O–H groups in total. The van der Waals surface area contributed by atoms with E-state index in [2.05, 4.69) is 15.3 Å². The Bertz CT molecular complexity index is 566. The molecule has 3 aliphatic rings. The van der Waals surface area contributed by atoms with E-state index in [0.29, 0.717) is 18.5 Å². The van der Waals surface area contributed by atoms with Crippen molar-refractivity contribution in [3.8, 4) is 0 Å². The Morgan fingerprint density at radius 3 is 2.83 bits per heavy atom. The first-order chi connectivity index (χ1) is 11.7. The van der Waals surface area contributed by atoms with Crippen LogP contribution >= 0.6 is 0 Å². The molecule has 2 heterocycles. The van der Waals surface area contributed by atoms with E-state index in [1.54, 1.807) is 13.3 Å². The lowest BCUT2D eigenvalue weighted by molar-refractivity contribution is -0.127. The van der Waals surface area contributed by atoms with Crippen molar-refractivity contribution in [2.45, 2.75) is 38.3 Å². The first-order valence-corrected chi connectivity index (χ1v) is 9.20. The van der Waals surface area contributed by atoms with E-state index >= 15 is 0 Å². The highest BCUT2D eigenvalue weighted by Gasteiger charge is 2.52. The number of ether oxygens (including phenoxy) is 1. The van der Waals surface area contributed by atoms with Gasteiger partial charge in [0, 0.05) is 45.2 Å². The minimum atomic E-state index is -0.222. The third kappa shape index (κ3) is 3.35. The molecular formula is C18H28N4O2. The van der Waals surface area contributed by atoms with Crippen LogP contribution in [0.25, 0.3) is 0 Å². The van der Waals surface area contributed by atoms with Crippen LogP contribution in [0.4, 0.5) is 0 Å². The van der Waals surface area contributed by atoms with Gasteiger partial charge in [-0.05, 0) is 43.6 Å². The van der Waals surface area contributed by atoms with E-state index in [-0.39, 0.29) is 11.3 Å². The van der Waals surface area contributed by atoms with Gasteiger partial charge in [-0.2, -0.15) is 5.10 Å². The normalized spacial score (nSPS) is 28.9. The molecule has 1 aromatic heterocycles. The first kappa shape index (κ1) is 16.1. The number of carbonyl (C=O) groups is 1. The van der Waals surface area contributed by atoms with Gasteiger partial charge in [0.15, 0.2) is 0 Å². The number of rotatable bonds is 8. The lowest BCUT2D eigenvalue weighted by Crippen LogP contribution is -2.45. The highest BCUT2D eigenvalue weighted by molar-refractivity contribution is 5.85. The van der Waals surface area contributed by atoms with Gasteiger partial charge in [-0.1, -0.05) is 0 Å². The van der Waals surface area contributed by atoms with Gasteiger partial charge in [-0.15, -0.1) is 0 Å². The number of likely N-dealkylation sites (tertiary alicyclic amines) is 1. The van der Waals surface area contributed by atoms with E-state index in [1.807, 2.05) is 16.9 Å². The van der Waals surface area contributed by atoms with Crippen molar-refractivity contribution in [1.82, 2.24) is 20.0 Å². The summed E-state index contributed by atoms with van der Waals surface area (Å²) in [7, 11) is 1.75. The lowest BCUT2D eigenvalue weighted by atomic mass is 9.96. The molecule has 0 aromatic carbocycles. The van der Waals surface area contributed by atoms with E-state index in [1.165, 1.54) is 12.8 Å². The summed E-state index contributed by atoms with van der Waals surface area (Å²) in [6.07, 6.45) is 8.34. The second kappa shape index (κ2) is 6.48. The summed E-state index contributed by atoms with van der Waals surface area (Å²) in [5.74, 6) is 1.66. The maximum absolute atomic E-state index is 12.9. The van der Waals surface area contributed by atoms with Crippen LogP contribution in [0.1, 0.15) is 25.7 Å². The van der Waals surface area contributed by atoms with Crippen molar-refractivity contribution in [2.75, 3.05) is 33.4 Å². The smallest absolute Gasteiger partial charge is 0.228 e. The second-order valence-electron chi connectivity index (χ2n) is 7.82. The van der Waals surface area contributed by atoms with Crippen LogP contribution in [0.15, 0.2) is 18.5 Å². The molecule has 6 heteroatoms. The first-order valence-electron chi connectivity index (χ1n) is 9.20. The third-order valence-electron chi connectivity index (χ3n) is 5.96. The monoisotopic (exact) mass is 332 g/mol. The fourth-order valence-corrected chi connectivity index (χ4v) is 4.10. The number of hydrogen-bond acceptors (Lipinski definition) is 4. The maximum Gasteiger partial charge on any atom is 0.228 e. The van der Waals surface area contributed by atoms with Gasteiger partial charge in [0.1, 0.15) is 0 Å². The summed E-state index contributed by atoms with van der Waals surface area (Å²) in [5, 5.41) is 7.68. The van der Waals surface area contributed by atoms with E-state index in [0.717, 1.165) is 45.0 Å². The Morgan fingerprint density at radius 2 is 2.21 bits per heavy atom. The Hall–Kier alpha value is -1.40. The van der Waals surface area contributed by atoms with Gasteiger partial charge in [-0.3, -0.25) is 14.4 Å². The van der Waals surface area contributed by atoms with Crippen LogP contribution in [0.2, 0.25) is 0 Å². The fraction of sp³-hybridized carbons (Fsp3) is 0.778. The molecule has 2 saturated carbocycles. The van der Waals surface area contributed by atoms with Crippen molar-refractivity contribution in [1.29, 1.82) is 0 Å². The molecule has 0 spiro atoms. The lowest BCUT2D eigenvalue weighted by Gasteiger charge is -2.23. The number of aromatic nitrogens is 2. The SMILES string of the molecule is COCCN1C[C@H](NC(=O)C2(Cn3cccn3)CC2)[C@@H](C2CC2)C1. The van der Waals surface area contributed by atoms with Crippen LogP contribution in [-0.4, -0.2) is 60.0 Å². The standard InChI is InChI=1S/C18H28N4O2/c1-24-10-9-21-11-15(14-3-4-14)16(12-21)20-17(23)18(5-6-18)13-22-8-2-7-19-22/h2,7-8,14-16H,3-6,9-13H2,1H3,(H,20,23)/t15-,16+/m1/s1. The topological polar surface area (TPSA) is 59.4 Å². The second-order valence-corrected chi connectivity index (χ2v) is 7.82. The van der Waals surface area contributed by atoms with Crippen LogP contribution < -0.4 is 5.32 Å². The van der Waals surface area contributed by atoms with Gasteiger partial charge < -0.3 is 10.1 Å². The molecule has 1 amide bonds. The minimum absolute atomic E-state index is 0.222. The zero-order valence-electron chi connectivity index (χ0n) is 14.5. The minimum Gasteiger partial charge on any atom is -0.383 e. The van der Waals surface area contributed by atoms with Gasteiger partial charge in [-0.25, -0.2) is 0 Å². The number of methoxy groups -OCH3 is 1. The highest BCUT2D eigenvalue weighted by atomic mass is 16.5. The molecule has 0 bridgehead atoms. The van der Waals surface area contributed by atoms with Crippen molar-refractivity contribution >= 4 is 5.91 Å². The molecule has 4 rings (SSSR count). The van der Waals surface area contributed by atoms with Gasteiger partial charge >= 0.3 is 0 Å². The zero-order valence-corrected chi connectivity index (χ0v) is 14.5. The molecule has 1 aliphatic heterocycles. The molecule has 0 radical (unpaired) electrons. The van der Waals surface area contributed by atoms with Gasteiger partial charge in [0.05, 0.1) is 18.6 Å². The highest BCUT2D eigenvalue weighted by Crippen LogP contribution is 2.48. The predicted molar refractivity (Wildman–Crippen MR) is 90.4 cm³/mol. The van der Waals surface area contributed by atoms with Crippen molar-refractivity contribution in [2.24, 2.45) is 17.3 Å². The van der Waals surface area contributed by atoms with Crippen LogP contribution in [0.5, 0.6) is 0 Å². The average Bonchev–Trinajstić information content (AvgIpc) is 3.47. The van der Waals surface area contributed by atoms with Crippen LogP contribution in [0, 0.1) is 17.3 Å². The van der Waals surface area contributed by atoms with Gasteiger partial charge in [0.25, 0.3) is 0 Å². The molecule has 0 unspecified atom stereocenters. The van der Waals surface area contributed by atoms with Crippen molar-refractivity contribution in [3.05, 3.63) is 18.5 Å². The summed E-state index contributed by atoms with van der Waals surface area (Å²) >= 11 is 0. The Labute approximate surface area is 143 Å². The number of nitrogens with zero attached hydrogens (tertiary/aromatic N) is 3. The summed E-state index contributed by atoms with van der Waals surface area (Å²) in [4.78, 5) is 15.4. The molecular weight excluding hydrogens is 304 g/mol. The maximum atomic E-state index is 12.9. The quantitative estimate of drug-likeness (QED) is 0.775. The Balaban J connectivity index is 1.37. The number of hydrogen-bond donors (Lipinski definition) is 1. The molecule has 1 aromatic rings. The molecule has 132 valence electrons. The third-order valence-corrected chi connectivity index (χ3v) is 5.96. The van der Waals surface area contributed by atoms with E-state index in [4.69, 9.17) is 4.74 Å². The molecule has 2 aliphatic carbocycles. The van der Waals surface area contributed by atoms with Crippen LogP contribution in [0.3, 0.4) is 0 Å². The van der Waals surface area contributed by atoms with Crippen LogP contribution in [-0.2, 0) is 16.1 Å². The summed E-state index contributed by atoms with van der Waals surface area (Å²) in [5.41, 5.74) is -0.222. The van der Waals surface area contributed by atoms with Crippen molar-refractivity contribution < 1.29 is 9.53 Å². The molecule has 3 fully saturated rings. The summed E-state index contributed by atoms with van der Waals surface area (Å²) in [6, 6.07) is 2.22. The zero-order chi connectivity index (χ0) is 16.6. The number of carbonyl (C=O) groups excluding carboxylic acids is 1. The van der Waals surface area contributed by atoms with Crippen molar-refractivity contribution in [3.63, 3.8) is 0 Å². The average molecular weight is 332 g/mol. The Morgan fingerprint density at radius 1 is 1.38 bits per heavy atom. The largest absolute Gasteiger partial charge is 0.383 e. The number of nitrogens with one attached hydrogen (secondary N) is 1. The van der Waals surface area contributed by atoms with Gasteiger partial charge in [0.2, 0.25) is 5.91 Å². The predicted octanol–water partition coefficient (Wildman–Crippen LogP) is 1.14. The Kier molecular flexibility index (Phi) is 4.35. The molecule has 6 nitrogen and oxygen atoms in total. The fourth-order valence-electron chi connectivity index (χ4n) is 4.10. The summed E-state index contributed by atoms with van der Waals surface area (Å²) in [6.45, 7) is 4.51. The molecule has 2 atom stereocenters. The van der Waals surface area contributed by atoms with E-state index in [9.17, 15) is 4.79 Å². The number of amides is 1. The summed E-state index contributed by atoms with van der Waals surface area (Å²) < 4.78 is 7.11. The molecule has 24 heavy (non-hydrogen) atoms.